The fraction of sp³-hybridized carbons (Fsp3) is 0.367. The molecular formula is C30H31N3O8. The Morgan fingerprint density at radius 1 is 1.17 bits per heavy atom. The largest absolute Gasteiger partial charge is 0.508 e. The fourth-order valence-corrected chi connectivity index (χ4v) is 6.27. The zero-order valence-corrected chi connectivity index (χ0v) is 22.8. The second-order valence-corrected chi connectivity index (χ2v) is 11.9. The molecule has 0 radical (unpaired) electrons. The number of nitrogens with two attached hydrogens (primary N) is 1. The molecule has 5 rings (SSSR count). The van der Waals surface area contributed by atoms with Crippen LogP contribution in [0.5, 0.6) is 5.75 Å². The molecule has 7 N–H and O–H groups in total. The van der Waals surface area contributed by atoms with Gasteiger partial charge >= 0.3 is 0 Å². The summed E-state index contributed by atoms with van der Waals surface area (Å²) in [6.07, 6.45) is 2.74. The molecule has 3 aliphatic rings. The number of benzene rings is 1. The van der Waals surface area contributed by atoms with E-state index in [4.69, 9.17) is 5.73 Å². The number of ketones is 2. The second-order valence-electron chi connectivity index (χ2n) is 11.9. The highest BCUT2D eigenvalue weighted by molar-refractivity contribution is 6.22. The van der Waals surface area contributed by atoms with Crippen LogP contribution in [0.25, 0.3) is 5.76 Å². The Kier molecular flexibility index (Phi) is 6.53. The Bertz CT molecular complexity index is 1580. The molecule has 0 unspecified atom stereocenters. The van der Waals surface area contributed by atoms with Crippen molar-refractivity contribution in [3.05, 3.63) is 75.3 Å². The van der Waals surface area contributed by atoms with Crippen LogP contribution in [0.3, 0.4) is 0 Å². The smallest absolute Gasteiger partial charge is 0.255 e. The molecule has 0 bridgehead atoms. The summed E-state index contributed by atoms with van der Waals surface area (Å²) in [5.74, 6) is -7.17. The van der Waals surface area contributed by atoms with E-state index < -0.39 is 63.8 Å². The first-order valence-electron chi connectivity index (χ1n) is 13.2. The SMILES string of the molecule is CC(C)(C)c1cc(CNC(=O)c2cccnc2)c2c(c1O)C(O)=C1C(=O)[C@]3(O)C(O)=C(C(N)=O)C(=O)C[C@@H]3C[C@@H]1C2. The number of rotatable bonds is 4. The van der Waals surface area contributed by atoms with E-state index in [9.17, 15) is 39.6 Å². The average molecular weight is 562 g/mol. The van der Waals surface area contributed by atoms with Gasteiger partial charge in [0.1, 0.15) is 22.8 Å². The molecule has 2 aromatic rings. The molecule has 11 heteroatoms. The number of amides is 2. The summed E-state index contributed by atoms with van der Waals surface area (Å²) in [7, 11) is 0. The summed E-state index contributed by atoms with van der Waals surface area (Å²) >= 11 is 0. The van der Waals surface area contributed by atoms with E-state index in [0.717, 1.165) is 0 Å². The Morgan fingerprint density at radius 3 is 2.49 bits per heavy atom. The maximum absolute atomic E-state index is 13.8. The number of nitrogens with zero attached hydrogens (tertiary/aromatic N) is 1. The predicted molar refractivity (Wildman–Crippen MR) is 145 cm³/mol. The number of aliphatic hydroxyl groups excluding tert-OH is 2. The number of hydrogen-bond donors (Lipinski definition) is 6. The maximum atomic E-state index is 13.8. The van der Waals surface area contributed by atoms with Gasteiger partial charge in [0.2, 0.25) is 5.78 Å². The highest BCUT2D eigenvalue weighted by Crippen LogP contribution is 2.53. The van der Waals surface area contributed by atoms with Crippen molar-refractivity contribution in [2.75, 3.05) is 0 Å². The number of fused-ring (bicyclic) bond motifs is 3. The van der Waals surface area contributed by atoms with Crippen molar-refractivity contribution in [1.82, 2.24) is 10.3 Å². The molecule has 2 amide bonds. The van der Waals surface area contributed by atoms with Gasteiger partial charge in [-0.3, -0.25) is 24.2 Å². The second kappa shape index (κ2) is 9.55. The lowest BCUT2D eigenvalue weighted by molar-refractivity contribution is -0.147. The number of pyridine rings is 1. The Labute approximate surface area is 235 Å². The monoisotopic (exact) mass is 561 g/mol. The Hall–Kier alpha value is -4.51. The molecule has 0 saturated heterocycles. The number of aromatic hydroxyl groups is 1. The summed E-state index contributed by atoms with van der Waals surface area (Å²) < 4.78 is 0. The van der Waals surface area contributed by atoms with E-state index in [0.29, 0.717) is 22.3 Å². The topological polar surface area (TPSA) is 200 Å². The standard InChI is InChI=1S/C30H31N3O8/c1-29(2,3)18-9-15(12-33-28(40)13-5-4-6-32-11-13)17-8-14-7-16-10-19(34)22(27(31)39)26(38)30(16,41)25(37)20(14)24(36)21(17)23(18)35/h4-6,9,11,14,16,35-36,38,41H,7-8,10,12H2,1-3H3,(H2,31,39)(H,33,40)/t14-,16+,30+/m1/s1. The molecule has 41 heavy (non-hydrogen) atoms. The van der Waals surface area contributed by atoms with Crippen LogP contribution in [0.2, 0.25) is 0 Å². The van der Waals surface area contributed by atoms with Gasteiger partial charge < -0.3 is 31.5 Å². The van der Waals surface area contributed by atoms with Gasteiger partial charge in [-0.1, -0.05) is 20.8 Å². The van der Waals surface area contributed by atoms with Crippen LogP contribution in [-0.4, -0.2) is 54.4 Å². The lowest BCUT2D eigenvalue weighted by atomic mass is 9.59. The summed E-state index contributed by atoms with van der Waals surface area (Å²) in [5, 5.41) is 48.0. The number of aliphatic hydroxyl groups is 3. The fourth-order valence-electron chi connectivity index (χ4n) is 6.27. The summed E-state index contributed by atoms with van der Waals surface area (Å²) in [6, 6.07) is 5.01. The van der Waals surface area contributed by atoms with Gasteiger partial charge in [0.05, 0.1) is 11.1 Å². The third kappa shape index (κ3) is 4.28. The van der Waals surface area contributed by atoms with Crippen molar-refractivity contribution in [1.29, 1.82) is 0 Å². The summed E-state index contributed by atoms with van der Waals surface area (Å²) in [6.45, 7) is 5.61. The first-order valence-corrected chi connectivity index (χ1v) is 13.2. The molecular weight excluding hydrogens is 530 g/mol. The van der Waals surface area contributed by atoms with E-state index in [1.54, 1.807) is 24.4 Å². The number of aromatic nitrogens is 1. The number of phenols is 1. The summed E-state index contributed by atoms with van der Waals surface area (Å²) in [4.78, 5) is 55.0. The van der Waals surface area contributed by atoms with Gasteiger partial charge in [0, 0.05) is 42.4 Å². The highest BCUT2D eigenvalue weighted by Gasteiger charge is 2.60. The normalized spacial score (nSPS) is 24.0. The van der Waals surface area contributed by atoms with Crippen molar-refractivity contribution < 1.29 is 39.6 Å². The molecule has 0 spiro atoms. The van der Waals surface area contributed by atoms with Crippen LogP contribution in [0.4, 0.5) is 0 Å². The van der Waals surface area contributed by atoms with E-state index in [1.165, 1.54) is 6.20 Å². The van der Waals surface area contributed by atoms with Gasteiger partial charge in [0.25, 0.3) is 11.8 Å². The first kappa shape index (κ1) is 28.0. The third-order valence-electron chi connectivity index (χ3n) is 8.33. The lowest BCUT2D eigenvalue weighted by Crippen LogP contribution is -2.58. The molecule has 214 valence electrons. The van der Waals surface area contributed by atoms with Crippen molar-refractivity contribution >= 4 is 29.1 Å². The number of phenolic OH excluding ortho intramolecular Hbond substituents is 1. The van der Waals surface area contributed by atoms with Crippen molar-refractivity contribution in [3.8, 4) is 5.75 Å². The molecule has 1 aromatic carbocycles. The van der Waals surface area contributed by atoms with Crippen LogP contribution >= 0.6 is 0 Å². The summed E-state index contributed by atoms with van der Waals surface area (Å²) in [5.41, 5.74) is 2.87. The first-order chi connectivity index (χ1) is 19.2. The van der Waals surface area contributed by atoms with E-state index in [1.807, 2.05) is 20.8 Å². The van der Waals surface area contributed by atoms with Gasteiger partial charge in [-0.2, -0.15) is 0 Å². The highest BCUT2D eigenvalue weighted by atomic mass is 16.3. The molecule has 1 saturated carbocycles. The van der Waals surface area contributed by atoms with Crippen LogP contribution in [0, 0.1) is 11.8 Å². The molecule has 0 aliphatic heterocycles. The number of hydrogen-bond acceptors (Lipinski definition) is 9. The van der Waals surface area contributed by atoms with Gasteiger partial charge in [0.15, 0.2) is 11.4 Å². The zero-order valence-electron chi connectivity index (χ0n) is 22.8. The molecule has 1 fully saturated rings. The van der Waals surface area contributed by atoms with E-state index in [2.05, 4.69) is 10.3 Å². The molecule has 1 heterocycles. The van der Waals surface area contributed by atoms with E-state index in [-0.39, 0.29) is 42.2 Å². The minimum absolute atomic E-state index is 0.00446. The molecule has 11 nitrogen and oxygen atoms in total. The van der Waals surface area contributed by atoms with Crippen LogP contribution in [0.15, 0.2) is 47.5 Å². The van der Waals surface area contributed by atoms with Crippen LogP contribution < -0.4 is 11.1 Å². The number of carbonyl (C=O) groups is 4. The minimum Gasteiger partial charge on any atom is -0.508 e. The quantitative estimate of drug-likeness (QED) is 0.302. The van der Waals surface area contributed by atoms with Gasteiger partial charge in [-0.25, -0.2) is 0 Å². The average Bonchev–Trinajstić information content (AvgIpc) is 2.89. The van der Waals surface area contributed by atoms with Crippen LogP contribution in [0.1, 0.15) is 66.2 Å². The Morgan fingerprint density at radius 2 is 1.88 bits per heavy atom. The number of nitrogens with one attached hydrogen (secondary N) is 1. The van der Waals surface area contributed by atoms with Gasteiger partial charge in [-0.05, 0) is 53.5 Å². The minimum atomic E-state index is -2.63. The van der Waals surface area contributed by atoms with Crippen molar-refractivity contribution in [3.63, 3.8) is 0 Å². The van der Waals surface area contributed by atoms with Crippen molar-refractivity contribution in [2.45, 2.75) is 57.6 Å². The number of carbonyl (C=O) groups excluding carboxylic acids is 4. The number of primary amides is 1. The third-order valence-corrected chi connectivity index (χ3v) is 8.33. The maximum Gasteiger partial charge on any atom is 0.255 e. The number of Topliss-reactive ketones (excluding diaryl/α,β-unsaturated/α-hetero) is 2. The van der Waals surface area contributed by atoms with Gasteiger partial charge in [-0.15, -0.1) is 0 Å². The zero-order chi connectivity index (χ0) is 30.0. The molecule has 3 aliphatic carbocycles. The molecule has 1 aromatic heterocycles. The predicted octanol–water partition coefficient (Wildman–Crippen LogP) is 2.05. The Balaban J connectivity index is 1.65. The molecule has 3 atom stereocenters. The van der Waals surface area contributed by atoms with Crippen molar-refractivity contribution in [2.24, 2.45) is 17.6 Å². The van der Waals surface area contributed by atoms with E-state index >= 15 is 0 Å². The van der Waals surface area contributed by atoms with Crippen LogP contribution in [-0.2, 0) is 32.8 Å². The lowest BCUT2D eigenvalue weighted by Gasteiger charge is -2.46.